The van der Waals surface area contributed by atoms with Gasteiger partial charge in [-0.25, -0.2) is 9.59 Å². The number of carbonyl (C=O) groups excluding carboxylic acids is 2. The lowest BCUT2D eigenvalue weighted by Gasteiger charge is -2.24. The van der Waals surface area contributed by atoms with Gasteiger partial charge in [0.15, 0.2) is 0 Å². The third-order valence-corrected chi connectivity index (χ3v) is 3.72. The second kappa shape index (κ2) is 9.96. The first kappa shape index (κ1) is 20.0. The first-order valence-corrected chi connectivity index (χ1v) is 8.37. The molecule has 0 saturated heterocycles. The van der Waals surface area contributed by atoms with Gasteiger partial charge in [0.05, 0.1) is 6.04 Å². The molecule has 0 saturated carbocycles. The van der Waals surface area contributed by atoms with E-state index in [4.69, 9.17) is 9.47 Å². The third kappa shape index (κ3) is 6.81. The zero-order chi connectivity index (χ0) is 19.6. The van der Waals surface area contributed by atoms with Crippen LogP contribution in [0.3, 0.4) is 0 Å². The molecule has 2 rings (SSSR count). The Kier molecular flexibility index (Phi) is 7.37. The van der Waals surface area contributed by atoms with Crippen molar-refractivity contribution < 1.29 is 29.0 Å². The van der Waals surface area contributed by atoms with Crippen LogP contribution in [0.25, 0.3) is 0 Å². The standard InChI is InChI=1S/C20H21NO6/c1-14(22)27-18(19(23)24)17(12-15-8-4-2-5-9-15)21-20(25)26-13-16-10-6-3-7-11-16/h2-11,17-18H,12-13H2,1H3,(H,21,25)(H,23,24). The molecular formula is C20H21NO6. The van der Waals surface area contributed by atoms with Crippen LogP contribution in [-0.4, -0.2) is 35.3 Å². The fraction of sp³-hybridized carbons (Fsp3) is 0.250. The number of benzene rings is 2. The number of alkyl carbamates (subject to hydrolysis) is 1. The number of ether oxygens (including phenoxy) is 2. The van der Waals surface area contributed by atoms with E-state index < -0.39 is 30.2 Å². The molecule has 0 spiro atoms. The summed E-state index contributed by atoms with van der Waals surface area (Å²) in [7, 11) is 0. The van der Waals surface area contributed by atoms with Gasteiger partial charge in [-0.05, 0) is 17.5 Å². The highest BCUT2D eigenvalue weighted by Crippen LogP contribution is 2.11. The minimum absolute atomic E-state index is 0.0377. The molecule has 0 aliphatic heterocycles. The van der Waals surface area contributed by atoms with E-state index in [2.05, 4.69) is 5.32 Å². The zero-order valence-corrected chi connectivity index (χ0v) is 14.8. The summed E-state index contributed by atoms with van der Waals surface area (Å²) in [5.74, 6) is -2.10. The minimum atomic E-state index is -1.54. The predicted molar refractivity (Wildman–Crippen MR) is 96.9 cm³/mol. The molecule has 27 heavy (non-hydrogen) atoms. The van der Waals surface area contributed by atoms with Gasteiger partial charge in [-0.3, -0.25) is 4.79 Å². The van der Waals surface area contributed by atoms with E-state index in [9.17, 15) is 19.5 Å². The summed E-state index contributed by atoms with van der Waals surface area (Å²) in [6.07, 6.45) is -2.17. The van der Waals surface area contributed by atoms with Crippen molar-refractivity contribution in [2.75, 3.05) is 0 Å². The molecule has 0 aliphatic rings. The minimum Gasteiger partial charge on any atom is -0.478 e. The molecule has 2 atom stereocenters. The van der Waals surface area contributed by atoms with E-state index in [0.29, 0.717) is 0 Å². The molecule has 2 N–H and O–H groups in total. The van der Waals surface area contributed by atoms with Gasteiger partial charge in [0.1, 0.15) is 6.61 Å². The molecule has 2 unspecified atom stereocenters. The number of carboxylic acids is 1. The number of nitrogens with one attached hydrogen (secondary N) is 1. The lowest BCUT2D eigenvalue weighted by Crippen LogP contribution is -2.50. The van der Waals surface area contributed by atoms with E-state index in [-0.39, 0.29) is 13.0 Å². The van der Waals surface area contributed by atoms with Crippen molar-refractivity contribution in [3.05, 3.63) is 71.8 Å². The van der Waals surface area contributed by atoms with E-state index in [1.807, 2.05) is 24.3 Å². The molecule has 0 bridgehead atoms. The lowest BCUT2D eigenvalue weighted by molar-refractivity contribution is -0.164. The fourth-order valence-corrected chi connectivity index (χ4v) is 2.50. The van der Waals surface area contributed by atoms with Crippen LogP contribution < -0.4 is 5.32 Å². The van der Waals surface area contributed by atoms with Gasteiger partial charge >= 0.3 is 18.0 Å². The SMILES string of the molecule is CC(=O)OC(C(=O)O)C(Cc1ccccc1)NC(=O)OCc1ccccc1. The van der Waals surface area contributed by atoms with Crippen LogP contribution in [0.2, 0.25) is 0 Å². The largest absolute Gasteiger partial charge is 0.478 e. The smallest absolute Gasteiger partial charge is 0.407 e. The molecule has 2 aromatic carbocycles. The molecule has 0 aromatic heterocycles. The lowest BCUT2D eigenvalue weighted by atomic mass is 10.0. The molecule has 142 valence electrons. The molecule has 1 amide bonds. The Hall–Kier alpha value is -3.35. The van der Waals surface area contributed by atoms with E-state index >= 15 is 0 Å². The molecule has 7 nitrogen and oxygen atoms in total. The summed E-state index contributed by atoms with van der Waals surface area (Å²) in [6.45, 7) is 1.15. The van der Waals surface area contributed by atoms with Gasteiger partial charge in [0.25, 0.3) is 0 Å². The van der Waals surface area contributed by atoms with Crippen molar-refractivity contribution in [2.45, 2.75) is 32.1 Å². The molecule has 0 fully saturated rings. The number of rotatable bonds is 8. The number of hydrogen-bond acceptors (Lipinski definition) is 5. The van der Waals surface area contributed by atoms with Gasteiger partial charge in [0.2, 0.25) is 6.10 Å². The highest BCUT2D eigenvalue weighted by Gasteiger charge is 2.33. The van der Waals surface area contributed by atoms with Crippen molar-refractivity contribution in [3.8, 4) is 0 Å². The Morgan fingerprint density at radius 2 is 1.52 bits per heavy atom. The average Bonchev–Trinajstić information content (AvgIpc) is 2.65. The number of aliphatic carboxylic acids is 1. The maximum absolute atomic E-state index is 12.2. The molecule has 2 aromatic rings. The zero-order valence-electron chi connectivity index (χ0n) is 14.8. The summed E-state index contributed by atoms with van der Waals surface area (Å²) in [5, 5.41) is 11.9. The number of carbonyl (C=O) groups is 3. The maximum atomic E-state index is 12.2. The van der Waals surface area contributed by atoms with Gasteiger partial charge in [0, 0.05) is 6.92 Å². The maximum Gasteiger partial charge on any atom is 0.407 e. The monoisotopic (exact) mass is 371 g/mol. The third-order valence-electron chi connectivity index (χ3n) is 3.72. The Balaban J connectivity index is 2.08. The summed E-state index contributed by atoms with van der Waals surface area (Å²) >= 11 is 0. The van der Waals surface area contributed by atoms with Crippen LogP contribution in [0, 0.1) is 0 Å². The van der Waals surface area contributed by atoms with Gasteiger partial charge in [-0.15, -0.1) is 0 Å². The summed E-state index contributed by atoms with van der Waals surface area (Å²) in [4.78, 5) is 35.0. The van der Waals surface area contributed by atoms with E-state index in [1.54, 1.807) is 36.4 Å². The van der Waals surface area contributed by atoms with Crippen molar-refractivity contribution in [3.63, 3.8) is 0 Å². The van der Waals surface area contributed by atoms with Crippen LogP contribution in [-0.2, 0) is 32.1 Å². The Labute approximate surface area is 156 Å². The molecule has 0 heterocycles. The van der Waals surface area contributed by atoms with Crippen LogP contribution in [0.15, 0.2) is 60.7 Å². The van der Waals surface area contributed by atoms with Crippen molar-refractivity contribution >= 4 is 18.0 Å². The quantitative estimate of drug-likeness (QED) is 0.692. The second-order valence-electron chi connectivity index (χ2n) is 5.87. The molecule has 7 heteroatoms. The Bertz CT molecular complexity index is 763. The normalized spacial score (nSPS) is 12.5. The number of esters is 1. The summed E-state index contributed by atoms with van der Waals surface area (Å²) < 4.78 is 10.0. The first-order chi connectivity index (χ1) is 13.0. The fourth-order valence-electron chi connectivity index (χ4n) is 2.50. The molecule has 0 aliphatic carbocycles. The topological polar surface area (TPSA) is 102 Å². The Morgan fingerprint density at radius 1 is 0.963 bits per heavy atom. The van der Waals surface area contributed by atoms with Crippen LogP contribution in [0.5, 0.6) is 0 Å². The van der Waals surface area contributed by atoms with E-state index in [0.717, 1.165) is 18.1 Å². The highest BCUT2D eigenvalue weighted by molar-refractivity contribution is 5.79. The highest BCUT2D eigenvalue weighted by atomic mass is 16.6. The van der Waals surface area contributed by atoms with Crippen LogP contribution in [0.4, 0.5) is 4.79 Å². The molecular weight excluding hydrogens is 350 g/mol. The second-order valence-corrected chi connectivity index (χ2v) is 5.87. The number of carboxylic acid groups (broad SMARTS) is 1. The summed E-state index contributed by atoms with van der Waals surface area (Å²) in [6, 6.07) is 17.1. The summed E-state index contributed by atoms with van der Waals surface area (Å²) in [5.41, 5.74) is 1.58. The number of amides is 1. The Morgan fingerprint density at radius 3 is 2.04 bits per heavy atom. The van der Waals surface area contributed by atoms with E-state index in [1.165, 1.54) is 0 Å². The number of hydrogen-bond donors (Lipinski definition) is 2. The molecule has 0 radical (unpaired) electrons. The van der Waals surface area contributed by atoms with Crippen LogP contribution in [0.1, 0.15) is 18.1 Å². The van der Waals surface area contributed by atoms with Crippen molar-refractivity contribution in [1.82, 2.24) is 5.32 Å². The first-order valence-electron chi connectivity index (χ1n) is 8.37. The van der Waals surface area contributed by atoms with Crippen molar-refractivity contribution in [1.29, 1.82) is 0 Å². The van der Waals surface area contributed by atoms with Crippen LogP contribution >= 0.6 is 0 Å². The van der Waals surface area contributed by atoms with Gasteiger partial charge in [-0.2, -0.15) is 0 Å². The van der Waals surface area contributed by atoms with Gasteiger partial charge in [-0.1, -0.05) is 60.7 Å². The average molecular weight is 371 g/mol. The van der Waals surface area contributed by atoms with Crippen molar-refractivity contribution in [2.24, 2.45) is 0 Å². The predicted octanol–water partition coefficient (Wildman–Crippen LogP) is 2.54. The van der Waals surface area contributed by atoms with Gasteiger partial charge < -0.3 is 19.9 Å².